The molecule has 1 N–H and O–H groups in total. The summed E-state index contributed by atoms with van der Waals surface area (Å²) in [5.41, 5.74) is 0.728. The first kappa shape index (κ1) is 12.9. The van der Waals surface area contributed by atoms with Crippen LogP contribution in [0.4, 0.5) is 0 Å². The normalized spacial score (nSPS) is 19.2. The number of hydrogen-bond acceptors (Lipinski definition) is 5. The molecule has 1 saturated heterocycles. The Hall–Kier alpha value is -1.50. The summed E-state index contributed by atoms with van der Waals surface area (Å²) < 4.78 is 3.82. The Morgan fingerprint density at radius 1 is 1.56 bits per heavy atom. The second kappa shape index (κ2) is 5.43. The second-order valence-corrected chi connectivity index (χ2v) is 5.13. The predicted octanol–water partition coefficient (Wildman–Crippen LogP) is 1.04. The van der Waals surface area contributed by atoms with Crippen molar-refractivity contribution in [1.82, 2.24) is 14.5 Å². The molecule has 1 unspecified atom stereocenters. The van der Waals surface area contributed by atoms with Crippen molar-refractivity contribution in [3.8, 4) is 0 Å². The largest absolute Gasteiger partial charge is 0.481 e. The molecule has 1 fully saturated rings. The van der Waals surface area contributed by atoms with E-state index in [1.807, 2.05) is 6.92 Å². The van der Waals surface area contributed by atoms with Crippen LogP contribution in [0.1, 0.15) is 35.1 Å². The number of carboxylic acid groups (broad SMARTS) is 1. The van der Waals surface area contributed by atoms with Gasteiger partial charge in [-0.3, -0.25) is 9.59 Å². The number of amides is 1. The van der Waals surface area contributed by atoms with Crippen molar-refractivity contribution in [2.45, 2.75) is 26.2 Å². The molecule has 1 aliphatic heterocycles. The third kappa shape index (κ3) is 2.50. The highest BCUT2D eigenvalue weighted by Gasteiger charge is 2.32. The number of rotatable bonds is 4. The monoisotopic (exact) mass is 269 g/mol. The van der Waals surface area contributed by atoms with Gasteiger partial charge in [-0.05, 0) is 24.4 Å². The molecular formula is C11H15N3O3S. The highest BCUT2D eigenvalue weighted by atomic mass is 32.1. The van der Waals surface area contributed by atoms with Crippen molar-refractivity contribution >= 4 is 23.4 Å². The average molecular weight is 269 g/mol. The smallest absolute Gasteiger partial charge is 0.308 e. The van der Waals surface area contributed by atoms with Gasteiger partial charge >= 0.3 is 5.97 Å². The topological polar surface area (TPSA) is 83.4 Å². The van der Waals surface area contributed by atoms with E-state index < -0.39 is 11.9 Å². The summed E-state index contributed by atoms with van der Waals surface area (Å²) in [6.07, 6.45) is 2.16. The summed E-state index contributed by atoms with van der Waals surface area (Å²) in [6, 6.07) is 0. The van der Waals surface area contributed by atoms with Crippen molar-refractivity contribution in [1.29, 1.82) is 0 Å². The quantitative estimate of drug-likeness (QED) is 0.883. The molecule has 1 aliphatic rings. The van der Waals surface area contributed by atoms with Crippen molar-refractivity contribution < 1.29 is 14.7 Å². The van der Waals surface area contributed by atoms with E-state index in [9.17, 15) is 9.59 Å². The van der Waals surface area contributed by atoms with Crippen molar-refractivity contribution in [2.75, 3.05) is 13.1 Å². The summed E-state index contributed by atoms with van der Waals surface area (Å²) in [4.78, 5) is 25.2. The van der Waals surface area contributed by atoms with Crippen molar-refractivity contribution in [3.05, 3.63) is 10.6 Å². The van der Waals surface area contributed by atoms with Gasteiger partial charge in [0.05, 0.1) is 11.6 Å². The fraction of sp³-hybridized carbons (Fsp3) is 0.636. The van der Waals surface area contributed by atoms with E-state index in [1.165, 1.54) is 0 Å². The van der Waals surface area contributed by atoms with Gasteiger partial charge in [-0.1, -0.05) is 17.8 Å². The molecule has 0 radical (unpaired) electrons. The van der Waals surface area contributed by atoms with Gasteiger partial charge in [0.2, 0.25) is 0 Å². The number of carboxylic acids is 1. The summed E-state index contributed by atoms with van der Waals surface area (Å²) in [5, 5.41) is 12.9. The highest BCUT2D eigenvalue weighted by Crippen LogP contribution is 2.22. The van der Waals surface area contributed by atoms with E-state index in [2.05, 4.69) is 9.59 Å². The lowest BCUT2D eigenvalue weighted by Gasteiger charge is -2.14. The SMILES string of the molecule is CCCc1nnsc1C(=O)N1CCC(C(=O)O)C1. The lowest BCUT2D eigenvalue weighted by atomic mass is 10.1. The zero-order valence-corrected chi connectivity index (χ0v) is 10.9. The van der Waals surface area contributed by atoms with Gasteiger partial charge in [-0.25, -0.2) is 0 Å². The number of aromatic nitrogens is 2. The molecule has 2 heterocycles. The zero-order valence-electron chi connectivity index (χ0n) is 10.1. The summed E-state index contributed by atoms with van der Waals surface area (Å²) >= 11 is 1.09. The van der Waals surface area contributed by atoms with Crippen LogP contribution in [0, 0.1) is 5.92 Å². The number of likely N-dealkylation sites (tertiary alicyclic amines) is 1. The average Bonchev–Trinajstić information content (AvgIpc) is 2.97. The van der Waals surface area contributed by atoms with Gasteiger partial charge in [0.15, 0.2) is 0 Å². The molecular weight excluding hydrogens is 254 g/mol. The van der Waals surface area contributed by atoms with Gasteiger partial charge in [0.1, 0.15) is 4.88 Å². The summed E-state index contributed by atoms with van der Waals surface area (Å²) in [5.74, 6) is -1.40. The van der Waals surface area contributed by atoms with Crippen LogP contribution < -0.4 is 0 Å². The molecule has 1 aromatic heterocycles. The lowest BCUT2D eigenvalue weighted by molar-refractivity contribution is -0.141. The van der Waals surface area contributed by atoms with E-state index in [1.54, 1.807) is 4.90 Å². The van der Waals surface area contributed by atoms with Crippen LogP contribution in [0.3, 0.4) is 0 Å². The number of aryl methyl sites for hydroxylation is 1. The molecule has 0 saturated carbocycles. The predicted molar refractivity (Wildman–Crippen MR) is 65.6 cm³/mol. The molecule has 0 aromatic carbocycles. The van der Waals surface area contributed by atoms with E-state index in [4.69, 9.17) is 5.11 Å². The Kier molecular flexibility index (Phi) is 3.90. The van der Waals surface area contributed by atoms with Crippen LogP contribution in [-0.4, -0.2) is 44.6 Å². The fourth-order valence-electron chi connectivity index (χ4n) is 2.06. The maximum Gasteiger partial charge on any atom is 0.308 e. The number of carbonyl (C=O) groups is 2. The molecule has 0 aliphatic carbocycles. The molecule has 0 bridgehead atoms. The third-order valence-corrected chi connectivity index (χ3v) is 3.82. The van der Waals surface area contributed by atoms with Gasteiger partial charge in [0.25, 0.3) is 5.91 Å². The number of nitrogens with zero attached hydrogens (tertiary/aromatic N) is 3. The number of hydrogen-bond donors (Lipinski definition) is 1. The maximum absolute atomic E-state index is 12.2. The lowest BCUT2D eigenvalue weighted by Crippen LogP contribution is -2.30. The van der Waals surface area contributed by atoms with Crippen LogP contribution >= 0.6 is 11.5 Å². The van der Waals surface area contributed by atoms with Crippen LogP contribution in [0.15, 0.2) is 0 Å². The first-order valence-electron chi connectivity index (χ1n) is 5.96. The Balaban J connectivity index is 2.08. The first-order valence-corrected chi connectivity index (χ1v) is 6.74. The minimum Gasteiger partial charge on any atom is -0.481 e. The molecule has 6 nitrogen and oxygen atoms in total. The Morgan fingerprint density at radius 3 is 2.94 bits per heavy atom. The molecule has 2 rings (SSSR count). The summed E-state index contributed by atoms with van der Waals surface area (Å²) in [6.45, 7) is 2.81. The summed E-state index contributed by atoms with van der Waals surface area (Å²) in [7, 11) is 0. The van der Waals surface area contributed by atoms with Gasteiger partial charge < -0.3 is 10.0 Å². The first-order chi connectivity index (χ1) is 8.63. The Morgan fingerprint density at radius 2 is 2.33 bits per heavy atom. The van der Waals surface area contributed by atoms with Gasteiger partial charge in [0, 0.05) is 13.1 Å². The van der Waals surface area contributed by atoms with E-state index >= 15 is 0 Å². The van der Waals surface area contributed by atoms with E-state index in [0.717, 1.165) is 30.1 Å². The third-order valence-electron chi connectivity index (χ3n) is 3.06. The zero-order chi connectivity index (χ0) is 13.1. The van der Waals surface area contributed by atoms with Crippen molar-refractivity contribution in [2.24, 2.45) is 5.92 Å². The second-order valence-electron chi connectivity index (χ2n) is 4.37. The van der Waals surface area contributed by atoms with Crippen LogP contribution in [0.5, 0.6) is 0 Å². The molecule has 1 atom stereocenters. The van der Waals surface area contributed by atoms with Gasteiger partial charge in [-0.2, -0.15) is 0 Å². The molecule has 18 heavy (non-hydrogen) atoms. The van der Waals surface area contributed by atoms with Gasteiger partial charge in [-0.15, -0.1) is 5.10 Å². The van der Waals surface area contributed by atoms with Crippen molar-refractivity contribution in [3.63, 3.8) is 0 Å². The number of carbonyl (C=O) groups excluding carboxylic acids is 1. The maximum atomic E-state index is 12.2. The fourth-order valence-corrected chi connectivity index (χ4v) is 2.74. The Labute approximate surface area is 109 Å². The van der Waals surface area contributed by atoms with Crippen LogP contribution in [-0.2, 0) is 11.2 Å². The number of aliphatic carboxylic acids is 1. The molecule has 7 heteroatoms. The van der Waals surface area contributed by atoms with Crippen LogP contribution in [0.25, 0.3) is 0 Å². The molecule has 1 amide bonds. The molecule has 1 aromatic rings. The van der Waals surface area contributed by atoms with Crippen LogP contribution in [0.2, 0.25) is 0 Å². The minimum absolute atomic E-state index is 0.128. The van der Waals surface area contributed by atoms with E-state index in [-0.39, 0.29) is 12.5 Å². The molecule has 0 spiro atoms. The minimum atomic E-state index is -0.832. The molecule has 98 valence electrons. The standard InChI is InChI=1S/C11H15N3O3S/c1-2-3-8-9(18-13-12-8)10(15)14-5-4-7(6-14)11(16)17/h7H,2-6H2,1H3,(H,16,17). The Bertz CT molecular complexity index is 460. The highest BCUT2D eigenvalue weighted by molar-refractivity contribution is 7.08. The van der Waals surface area contributed by atoms with E-state index in [0.29, 0.717) is 17.8 Å².